The van der Waals surface area contributed by atoms with Crippen LogP contribution >= 0.6 is 15.9 Å². The molecule has 0 spiro atoms. The molecular formula is C15H14BrNO2. The Morgan fingerprint density at radius 3 is 2.53 bits per heavy atom. The van der Waals surface area contributed by atoms with E-state index in [0.717, 1.165) is 21.3 Å². The number of rotatable bonds is 3. The van der Waals surface area contributed by atoms with Crippen molar-refractivity contribution in [2.24, 2.45) is 0 Å². The molecule has 0 bridgehead atoms. The highest BCUT2D eigenvalue weighted by Gasteiger charge is 2.06. The van der Waals surface area contributed by atoms with Crippen molar-refractivity contribution in [3.63, 3.8) is 0 Å². The molecule has 98 valence electrons. The molecule has 0 aliphatic carbocycles. The summed E-state index contributed by atoms with van der Waals surface area (Å²) in [5.41, 5.74) is 2.75. The van der Waals surface area contributed by atoms with E-state index in [-0.39, 0.29) is 18.1 Å². The molecule has 2 N–H and O–H groups in total. The van der Waals surface area contributed by atoms with Gasteiger partial charge in [0.15, 0.2) is 0 Å². The normalized spacial score (nSPS) is 10.2. The maximum absolute atomic E-state index is 11.9. The highest BCUT2D eigenvalue weighted by Crippen LogP contribution is 2.23. The van der Waals surface area contributed by atoms with E-state index in [9.17, 15) is 9.90 Å². The number of benzene rings is 2. The summed E-state index contributed by atoms with van der Waals surface area (Å²) >= 11 is 3.42. The number of carbonyl (C=O) groups excluding carboxylic acids is 1. The third kappa shape index (κ3) is 3.83. The van der Waals surface area contributed by atoms with Gasteiger partial charge in [0.1, 0.15) is 5.75 Å². The molecule has 2 rings (SSSR count). The second-order valence-corrected chi connectivity index (χ2v) is 5.23. The average molecular weight is 320 g/mol. The number of carbonyl (C=O) groups is 1. The Morgan fingerprint density at radius 2 is 1.89 bits per heavy atom. The number of phenolic OH excluding ortho intramolecular Hbond substituents is 1. The van der Waals surface area contributed by atoms with E-state index in [1.165, 1.54) is 0 Å². The highest BCUT2D eigenvalue weighted by molar-refractivity contribution is 9.10. The fourth-order valence-electron chi connectivity index (χ4n) is 1.72. The van der Waals surface area contributed by atoms with Gasteiger partial charge in [-0.2, -0.15) is 0 Å². The van der Waals surface area contributed by atoms with Crippen LogP contribution in [0.3, 0.4) is 0 Å². The minimum atomic E-state index is -0.0877. The largest absolute Gasteiger partial charge is 0.508 e. The van der Waals surface area contributed by atoms with Crippen LogP contribution in [0.1, 0.15) is 11.1 Å². The van der Waals surface area contributed by atoms with Crippen molar-refractivity contribution in [2.75, 3.05) is 5.32 Å². The number of halogens is 1. The molecule has 0 saturated heterocycles. The van der Waals surface area contributed by atoms with Gasteiger partial charge in [0.25, 0.3) is 0 Å². The summed E-state index contributed by atoms with van der Waals surface area (Å²) in [6, 6.07) is 12.4. The molecule has 3 nitrogen and oxygen atoms in total. The lowest BCUT2D eigenvalue weighted by atomic mass is 10.1. The van der Waals surface area contributed by atoms with Crippen molar-refractivity contribution in [1.82, 2.24) is 0 Å². The van der Waals surface area contributed by atoms with Crippen molar-refractivity contribution in [3.05, 3.63) is 58.1 Å². The minimum Gasteiger partial charge on any atom is -0.508 e. The topological polar surface area (TPSA) is 49.3 Å². The predicted molar refractivity (Wildman–Crippen MR) is 79.3 cm³/mol. The molecule has 2 aromatic carbocycles. The van der Waals surface area contributed by atoms with Crippen LogP contribution in [0, 0.1) is 6.92 Å². The van der Waals surface area contributed by atoms with Crippen molar-refractivity contribution >= 4 is 27.5 Å². The number of nitrogens with one attached hydrogen (secondary N) is 1. The second-order valence-electron chi connectivity index (χ2n) is 4.37. The molecule has 1 amide bonds. The van der Waals surface area contributed by atoms with E-state index in [1.807, 2.05) is 25.1 Å². The van der Waals surface area contributed by atoms with Gasteiger partial charge >= 0.3 is 0 Å². The summed E-state index contributed by atoms with van der Waals surface area (Å²) in [5, 5.41) is 12.0. The lowest BCUT2D eigenvalue weighted by molar-refractivity contribution is -0.115. The zero-order valence-electron chi connectivity index (χ0n) is 10.5. The van der Waals surface area contributed by atoms with Crippen molar-refractivity contribution in [3.8, 4) is 5.75 Å². The smallest absolute Gasteiger partial charge is 0.228 e. The third-order valence-corrected chi connectivity index (χ3v) is 3.36. The van der Waals surface area contributed by atoms with E-state index < -0.39 is 0 Å². The fourth-order valence-corrected chi connectivity index (χ4v) is 2.31. The van der Waals surface area contributed by atoms with Gasteiger partial charge in [-0.25, -0.2) is 0 Å². The SMILES string of the molecule is Cc1ccc(NC(=O)Cc2ccc(O)cc2)c(Br)c1. The van der Waals surface area contributed by atoms with Crippen LogP contribution in [-0.2, 0) is 11.2 Å². The quantitative estimate of drug-likeness (QED) is 0.907. The molecule has 0 heterocycles. The maximum Gasteiger partial charge on any atom is 0.228 e. The van der Waals surface area contributed by atoms with Crippen LogP contribution in [-0.4, -0.2) is 11.0 Å². The molecule has 2 aromatic rings. The standard InChI is InChI=1S/C15H14BrNO2/c1-10-2-7-14(13(16)8-10)17-15(19)9-11-3-5-12(18)6-4-11/h2-8,18H,9H2,1H3,(H,17,19). The molecule has 0 radical (unpaired) electrons. The van der Waals surface area contributed by atoms with E-state index in [1.54, 1.807) is 24.3 Å². The zero-order chi connectivity index (χ0) is 13.8. The molecule has 0 atom stereocenters. The maximum atomic E-state index is 11.9. The van der Waals surface area contributed by atoms with Crippen molar-refractivity contribution in [2.45, 2.75) is 13.3 Å². The Labute approximate surface area is 120 Å². The minimum absolute atomic E-state index is 0.0877. The van der Waals surface area contributed by atoms with Gasteiger partial charge in [0.05, 0.1) is 12.1 Å². The Morgan fingerprint density at radius 1 is 1.21 bits per heavy atom. The zero-order valence-corrected chi connectivity index (χ0v) is 12.1. The monoisotopic (exact) mass is 319 g/mol. The summed E-state index contributed by atoms with van der Waals surface area (Å²) in [6.07, 6.45) is 0.278. The second kappa shape index (κ2) is 5.89. The third-order valence-electron chi connectivity index (χ3n) is 2.70. The number of hydrogen-bond donors (Lipinski definition) is 2. The van der Waals surface area contributed by atoms with Gasteiger partial charge < -0.3 is 10.4 Å². The summed E-state index contributed by atoms with van der Waals surface area (Å²) < 4.78 is 0.867. The summed E-state index contributed by atoms with van der Waals surface area (Å²) in [7, 11) is 0. The fraction of sp³-hybridized carbons (Fsp3) is 0.133. The molecule has 0 saturated carbocycles. The molecule has 0 aliphatic heterocycles. The van der Waals surface area contributed by atoms with Crippen LogP contribution in [0.5, 0.6) is 5.75 Å². The van der Waals surface area contributed by atoms with E-state index in [0.29, 0.717) is 0 Å². The van der Waals surface area contributed by atoms with Gasteiger partial charge in [0.2, 0.25) is 5.91 Å². The lowest BCUT2D eigenvalue weighted by Gasteiger charge is -2.08. The Hall–Kier alpha value is -1.81. The summed E-state index contributed by atoms with van der Waals surface area (Å²) in [4.78, 5) is 11.9. The van der Waals surface area contributed by atoms with Gasteiger partial charge in [0, 0.05) is 4.47 Å². The molecular weight excluding hydrogens is 306 g/mol. The van der Waals surface area contributed by atoms with Crippen LogP contribution in [0.25, 0.3) is 0 Å². The lowest BCUT2D eigenvalue weighted by Crippen LogP contribution is -2.14. The summed E-state index contributed by atoms with van der Waals surface area (Å²) in [5.74, 6) is 0.112. The predicted octanol–water partition coefficient (Wildman–Crippen LogP) is 3.64. The van der Waals surface area contributed by atoms with Crippen LogP contribution in [0.4, 0.5) is 5.69 Å². The van der Waals surface area contributed by atoms with E-state index >= 15 is 0 Å². The number of phenols is 1. The first-order chi connectivity index (χ1) is 9.04. The van der Waals surface area contributed by atoms with Crippen LogP contribution in [0.15, 0.2) is 46.9 Å². The van der Waals surface area contributed by atoms with Gasteiger partial charge in [-0.05, 0) is 58.2 Å². The first-order valence-corrected chi connectivity index (χ1v) is 6.68. The number of aromatic hydroxyl groups is 1. The Kier molecular flexibility index (Phi) is 4.22. The van der Waals surface area contributed by atoms with Gasteiger partial charge in [-0.15, -0.1) is 0 Å². The number of aryl methyl sites for hydroxylation is 1. The summed E-state index contributed by atoms with van der Waals surface area (Å²) in [6.45, 7) is 1.99. The first kappa shape index (κ1) is 13.6. The molecule has 0 aromatic heterocycles. The molecule has 4 heteroatoms. The number of amides is 1. The molecule has 0 unspecified atom stereocenters. The number of hydrogen-bond acceptors (Lipinski definition) is 2. The highest BCUT2D eigenvalue weighted by atomic mass is 79.9. The van der Waals surface area contributed by atoms with Gasteiger partial charge in [-0.3, -0.25) is 4.79 Å². The number of anilines is 1. The average Bonchev–Trinajstić information content (AvgIpc) is 2.36. The Bertz CT molecular complexity index is 594. The van der Waals surface area contributed by atoms with Crippen LogP contribution in [0.2, 0.25) is 0 Å². The van der Waals surface area contributed by atoms with E-state index in [2.05, 4.69) is 21.2 Å². The van der Waals surface area contributed by atoms with E-state index in [4.69, 9.17) is 0 Å². The molecule has 19 heavy (non-hydrogen) atoms. The van der Waals surface area contributed by atoms with Gasteiger partial charge in [-0.1, -0.05) is 18.2 Å². The van der Waals surface area contributed by atoms with Crippen LogP contribution < -0.4 is 5.32 Å². The molecule has 0 fully saturated rings. The first-order valence-electron chi connectivity index (χ1n) is 5.88. The Balaban J connectivity index is 2.03. The van der Waals surface area contributed by atoms with Crippen molar-refractivity contribution < 1.29 is 9.90 Å². The van der Waals surface area contributed by atoms with Crippen molar-refractivity contribution in [1.29, 1.82) is 0 Å². The molecule has 0 aliphatic rings.